The van der Waals surface area contributed by atoms with Crippen molar-refractivity contribution in [1.82, 2.24) is 4.98 Å². The Hall–Kier alpha value is -2.96. The van der Waals surface area contributed by atoms with Gasteiger partial charge >= 0.3 is 5.97 Å². The summed E-state index contributed by atoms with van der Waals surface area (Å²) < 4.78 is 13.2. The van der Waals surface area contributed by atoms with E-state index >= 15 is 0 Å². The summed E-state index contributed by atoms with van der Waals surface area (Å²) in [5.41, 5.74) is -1.19. The zero-order chi connectivity index (χ0) is 14.7. The SMILES string of the molecule is O=C(O)c1cc(NC(=O)c2ccc[nH]c2=O)ccc1F. The third-order valence-corrected chi connectivity index (χ3v) is 2.52. The van der Waals surface area contributed by atoms with Crippen molar-refractivity contribution in [3.05, 3.63) is 63.8 Å². The van der Waals surface area contributed by atoms with Crippen LogP contribution in [0.25, 0.3) is 0 Å². The lowest BCUT2D eigenvalue weighted by atomic mass is 10.2. The van der Waals surface area contributed by atoms with Crippen LogP contribution in [0.5, 0.6) is 0 Å². The Balaban J connectivity index is 2.29. The van der Waals surface area contributed by atoms with Crippen molar-refractivity contribution in [1.29, 1.82) is 0 Å². The molecule has 1 heterocycles. The number of carboxylic acids is 1. The Kier molecular flexibility index (Phi) is 3.60. The molecule has 0 saturated carbocycles. The van der Waals surface area contributed by atoms with Crippen molar-refractivity contribution in [3.63, 3.8) is 0 Å². The number of pyridine rings is 1. The number of carboxylic acid groups (broad SMARTS) is 1. The van der Waals surface area contributed by atoms with Crippen LogP contribution in [-0.2, 0) is 0 Å². The van der Waals surface area contributed by atoms with Crippen molar-refractivity contribution in [2.45, 2.75) is 0 Å². The first kappa shape index (κ1) is 13.5. The quantitative estimate of drug-likeness (QED) is 0.790. The molecule has 0 bridgehead atoms. The normalized spacial score (nSPS) is 10.1. The average Bonchev–Trinajstić information content (AvgIpc) is 2.41. The molecule has 0 spiro atoms. The van der Waals surface area contributed by atoms with Crippen LogP contribution >= 0.6 is 0 Å². The Morgan fingerprint density at radius 2 is 1.95 bits per heavy atom. The number of aromatic nitrogens is 1. The highest BCUT2D eigenvalue weighted by Gasteiger charge is 2.14. The number of hydrogen-bond donors (Lipinski definition) is 3. The minimum Gasteiger partial charge on any atom is -0.478 e. The molecule has 3 N–H and O–H groups in total. The summed E-state index contributed by atoms with van der Waals surface area (Å²) in [4.78, 5) is 36.3. The van der Waals surface area contributed by atoms with E-state index in [4.69, 9.17) is 5.11 Å². The van der Waals surface area contributed by atoms with E-state index in [1.54, 1.807) is 0 Å². The maximum atomic E-state index is 13.2. The monoisotopic (exact) mass is 276 g/mol. The Bertz CT molecular complexity index is 739. The number of aromatic carboxylic acids is 1. The van der Waals surface area contributed by atoms with Gasteiger partial charge in [0.05, 0.1) is 5.56 Å². The molecule has 0 saturated heterocycles. The van der Waals surface area contributed by atoms with Gasteiger partial charge in [0.25, 0.3) is 11.5 Å². The molecular weight excluding hydrogens is 267 g/mol. The van der Waals surface area contributed by atoms with Crippen LogP contribution in [0.15, 0.2) is 41.3 Å². The van der Waals surface area contributed by atoms with Crippen LogP contribution in [0.2, 0.25) is 0 Å². The summed E-state index contributed by atoms with van der Waals surface area (Å²) in [5, 5.41) is 11.1. The predicted molar refractivity (Wildman–Crippen MR) is 68.4 cm³/mol. The largest absolute Gasteiger partial charge is 0.478 e. The van der Waals surface area contributed by atoms with Gasteiger partial charge in [-0.25, -0.2) is 9.18 Å². The molecule has 6 nitrogen and oxygen atoms in total. The number of nitrogens with one attached hydrogen (secondary N) is 2. The van der Waals surface area contributed by atoms with Gasteiger partial charge in [0.1, 0.15) is 11.4 Å². The summed E-state index contributed by atoms with van der Waals surface area (Å²) in [6, 6.07) is 5.90. The van der Waals surface area contributed by atoms with E-state index in [0.29, 0.717) is 0 Å². The van der Waals surface area contributed by atoms with Crippen molar-refractivity contribution in [2.75, 3.05) is 5.32 Å². The number of anilines is 1. The second-order valence-corrected chi connectivity index (χ2v) is 3.87. The summed E-state index contributed by atoms with van der Waals surface area (Å²) >= 11 is 0. The fourth-order valence-electron chi connectivity index (χ4n) is 1.57. The molecule has 1 amide bonds. The van der Waals surface area contributed by atoms with Gasteiger partial charge in [-0.05, 0) is 30.3 Å². The van der Waals surface area contributed by atoms with Crippen LogP contribution in [0.3, 0.4) is 0 Å². The molecule has 0 fully saturated rings. The lowest BCUT2D eigenvalue weighted by Gasteiger charge is -2.06. The molecule has 7 heteroatoms. The predicted octanol–water partition coefficient (Wildman–Crippen LogP) is 1.46. The Morgan fingerprint density at radius 3 is 2.60 bits per heavy atom. The van der Waals surface area contributed by atoms with Crippen LogP contribution in [0.4, 0.5) is 10.1 Å². The minimum atomic E-state index is -1.45. The lowest BCUT2D eigenvalue weighted by Crippen LogP contribution is -2.22. The van der Waals surface area contributed by atoms with Crippen LogP contribution < -0.4 is 10.9 Å². The molecule has 0 atom stereocenters. The highest BCUT2D eigenvalue weighted by molar-refractivity contribution is 6.04. The van der Waals surface area contributed by atoms with Crippen LogP contribution in [0, 0.1) is 5.82 Å². The molecule has 2 rings (SSSR count). The molecule has 20 heavy (non-hydrogen) atoms. The van der Waals surface area contributed by atoms with Gasteiger partial charge in [-0.3, -0.25) is 9.59 Å². The minimum absolute atomic E-state index is 0.0806. The number of amides is 1. The van der Waals surface area contributed by atoms with E-state index in [1.807, 2.05) is 0 Å². The zero-order valence-corrected chi connectivity index (χ0v) is 10.0. The highest BCUT2D eigenvalue weighted by Crippen LogP contribution is 2.15. The maximum Gasteiger partial charge on any atom is 0.338 e. The van der Waals surface area contributed by atoms with Crippen molar-refractivity contribution >= 4 is 17.6 Å². The molecule has 0 unspecified atom stereocenters. The molecule has 1 aromatic heterocycles. The number of aromatic amines is 1. The highest BCUT2D eigenvalue weighted by atomic mass is 19.1. The first-order valence-corrected chi connectivity index (χ1v) is 5.51. The molecule has 0 aliphatic carbocycles. The number of carbonyl (C=O) groups excluding carboxylic acids is 1. The number of carbonyl (C=O) groups is 2. The van der Waals surface area contributed by atoms with Gasteiger partial charge in [-0.15, -0.1) is 0 Å². The number of H-pyrrole nitrogens is 1. The standard InChI is InChI=1S/C13H9FN2O4/c14-10-4-3-7(6-9(10)13(19)20)16-12(18)8-2-1-5-15-11(8)17/h1-6H,(H,15,17)(H,16,18)(H,19,20). The van der Waals surface area contributed by atoms with Crippen molar-refractivity contribution in [3.8, 4) is 0 Å². The average molecular weight is 276 g/mol. The van der Waals surface area contributed by atoms with Gasteiger partial charge in [0.15, 0.2) is 0 Å². The summed E-state index contributed by atoms with van der Waals surface area (Å²) in [5.74, 6) is -3.07. The first-order chi connectivity index (χ1) is 9.49. The number of benzene rings is 1. The van der Waals surface area contributed by atoms with Gasteiger partial charge in [0.2, 0.25) is 0 Å². The van der Waals surface area contributed by atoms with Gasteiger partial charge < -0.3 is 15.4 Å². The fraction of sp³-hybridized carbons (Fsp3) is 0. The zero-order valence-electron chi connectivity index (χ0n) is 10.0. The molecule has 2 aromatic rings. The smallest absolute Gasteiger partial charge is 0.338 e. The third-order valence-electron chi connectivity index (χ3n) is 2.52. The van der Waals surface area contributed by atoms with Gasteiger partial charge in [0, 0.05) is 11.9 Å². The summed E-state index contributed by atoms with van der Waals surface area (Å²) in [6.45, 7) is 0. The third kappa shape index (κ3) is 2.72. The topological polar surface area (TPSA) is 99.3 Å². The van der Waals surface area contributed by atoms with Crippen LogP contribution in [-0.4, -0.2) is 22.0 Å². The number of hydrogen-bond acceptors (Lipinski definition) is 3. The van der Waals surface area contributed by atoms with E-state index in [-0.39, 0.29) is 11.3 Å². The molecule has 0 aliphatic rings. The number of rotatable bonds is 3. The lowest BCUT2D eigenvalue weighted by molar-refractivity contribution is 0.0691. The van der Waals surface area contributed by atoms with Crippen molar-refractivity contribution < 1.29 is 19.1 Å². The second kappa shape index (κ2) is 5.35. The van der Waals surface area contributed by atoms with Crippen LogP contribution in [0.1, 0.15) is 20.7 Å². The van der Waals surface area contributed by atoms with Crippen molar-refractivity contribution in [2.24, 2.45) is 0 Å². The molecular formula is C13H9FN2O4. The van der Waals surface area contributed by atoms with E-state index < -0.39 is 28.8 Å². The molecule has 0 radical (unpaired) electrons. The second-order valence-electron chi connectivity index (χ2n) is 3.87. The van der Waals surface area contributed by atoms with E-state index in [1.165, 1.54) is 24.4 Å². The Morgan fingerprint density at radius 1 is 1.20 bits per heavy atom. The van der Waals surface area contributed by atoms with Gasteiger partial charge in [-0.2, -0.15) is 0 Å². The fourth-order valence-corrected chi connectivity index (χ4v) is 1.57. The maximum absolute atomic E-state index is 13.2. The number of halogens is 1. The summed E-state index contributed by atoms with van der Waals surface area (Å²) in [7, 11) is 0. The molecule has 102 valence electrons. The Labute approximate surface area is 111 Å². The van der Waals surface area contributed by atoms with E-state index in [9.17, 15) is 18.8 Å². The molecule has 0 aliphatic heterocycles. The van der Waals surface area contributed by atoms with Gasteiger partial charge in [-0.1, -0.05) is 0 Å². The molecule has 1 aromatic carbocycles. The van der Waals surface area contributed by atoms with E-state index in [2.05, 4.69) is 10.3 Å². The summed E-state index contributed by atoms with van der Waals surface area (Å²) in [6.07, 6.45) is 1.37. The first-order valence-electron chi connectivity index (χ1n) is 5.51. The van der Waals surface area contributed by atoms with E-state index in [0.717, 1.165) is 12.1 Å².